The van der Waals surface area contributed by atoms with Gasteiger partial charge < -0.3 is 8.98 Å². The molecule has 0 spiro atoms. The molecule has 2 aromatic heterocycles. The van der Waals surface area contributed by atoms with Crippen LogP contribution in [0.5, 0.6) is 0 Å². The van der Waals surface area contributed by atoms with Crippen LogP contribution < -0.4 is 4.80 Å². The maximum Gasteiger partial charge on any atom is 0.269 e. The summed E-state index contributed by atoms with van der Waals surface area (Å²) in [6.07, 6.45) is 1.65. The molecule has 29 heavy (non-hydrogen) atoms. The van der Waals surface area contributed by atoms with Crippen LogP contribution >= 0.6 is 11.3 Å². The van der Waals surface area contributed by atoms with E-state index in [0.717, 1.165) is 38.6 Å². The molecule has 0 radical (unpaired) electrons. The van der Waals surface area contributed by atoms with Crippen molar-refractivity contribution in [3.63, 3.8) is 0 Å². The van der Waals surface area contributed by atoms with E-state index in [0.29, 0.717) is 6.54 Å². The second kappa shape index (κ2) is 7.89. The number of benzene rings is 2. The molecule has 4 aromatic rings. The lowest BCUT2D eigenvalue weighted by molar-refractivity contribution is -0.384. The van der Waals surface area contributed by atoms with Gasteiger partial charge in [0, 0.05) is 17.5 Å². The standard InChI is InChI=1S/C22H19N3O3S/c1-15-5-3-6-16(2)21(15)23-22-24(13-19-7-4-12-28-19)20(14-29-22)17-8-10-18(11-9-17)25(26)27/h3-12,14H,13H2,1-2H3. The Balaban J connectivity index is 1.86. The fourth-order valence-electron chi connectivity index (χ4n) is 3.19. The molecule has 7 heteroatoms. The van der Waals surface area contributed by atoms with Crippen LogP contribution in [0.3, 0.4) is 0 Å². The largest absolute Gasteiger partial charge is 0.467 e. The van der Waals surface area contributed by atoms with E-state index in [4.69, 9.17) is 9.41 Å². The van der Waals surface area contributed by atoms with Crippen molar-refractivity contribution in [2.24, 2.45) is 4.99 Å². The second-order valence-corrected chi connectivity index (χ2v) is 7.56. The van der Waals surface area contributed by atoms with Crippen LogP contribution in [-0.4, -0.2) is 9.49 Å². The molecule has 0 unspecified atom stereocenters. The lowest BCUT2D eigenvalue weighted by atomic mass is 10.1. The normalized spacial score (nSPS) is 11.7. The third kappa shape index (κ3) is 3.90. The summed E-state index contributed by atoms with van der Waals surface area (Å²) in [6, 6.07) is 16.5. The Kier molecular flexibility index (Phi) is 5.14. The van der Waals surface area contributed by atoms with Crippen molar-refractivity contribution >= 4 is 22.7 Å². The molecular weight excluding hydrogens is 386 g/mol. The van der Waals surface area contributed by atoms with Gasteiger partial charge in [0.25, 0.3) is 5.69 Å². The number of nitro benzene ring substituents is 1. The predicted molar refractivity (Wildman–Crippen MR) is 113 cm³/mol. The molecule has 0 bridgehead atoms. The number of nitrogens with zero attached hydrogens (tertiary/aromatic N) is 3. The first-order chi connectivity index (χ1) is 14.0. The van der Waals surface area contributed by atoms with Crippen molar-refractivity contribution in [1.29, 1.82) is 0 Å². The fraction of sp³-hybridized carbons (Fsp3) is 0.136. The number of rotatable bonds is 5. The molecule has 0 fully saturated rings. The van der Waals surface area contributed by atoms with Crippen LogP contribution in [-0.2, 0) is 6.54 Å². The molecule has 6 nitrogen and oxygen atoms in total. The predicted octanol–water partition coefficient (Wildman–Crippen LogP) is 5.62. The third-order valence-electron chi connectivity index (χ3n) is 4.71. The highest BCUT2D eigenvalue weighted by Crippen LogP contribution is 2.26. The summed E-state index contributed by atoms with van der Waals surface area (Å²) in [5, 5.41) is 13.0. The zero-order valence-electron chi connectivity index (χ0n) is 16.0. The number of non-ortho nitro benzene ring substituents is 1. The molecule has 4 rings (SSSR count). The van der Waals surface area contributed by atoms with Crippen LogP contribution in [0.2, 0.25) is 0 Å². The molecule has 0 aliphatic carbocycles. The number of thiazole rings is 1. The molecule has 0 aliphatic heterocycles. The van der Waals surface area contributed by atoms with Gasteiger partial charge in [-0.2, -0.15) is 0 Å². The van der Waals surface area contributed by atoms with E-state index in [9.17, 15) is 10.1 Å². The minimum absolute atomic E-state index is 0.0713. The maximum atomic E-state index is 11.0. The topological polar surface area (TPSA) is 73.6 Å². The van der Waals surface area contributed by atoms with Gasteiger partial charge in [-0.05, 0) is 54.8 Å². The molecule has 0 aliphatic rings. The number of aryl methyl sites for hydroxylation is 2. The average Bonchev–Trinajstić information content (AvgIpc) is 3.36. The molecule has 0 N–H and O–H groups in total. The van der Waals surface area contributed by atoms with E-state index < -0.39 is 4.92 Å². The average molecular weight is 405 g/mol. The van der Waals surface area contributed by atoms with Crippen molar-refractivity contribution in [3.8, 4) is 11.3 Å². The van der Waals surface area contributed by atoms with Crippen molar-refractivity contribution < 1.29 is 9.34 Å². The first kappa shape index (κ1) is 18.9. The van der Waals surface area contributed by atoms with Gasteiger partial charge in [0.1, 0.15) is 5.76 Å². The SMILES string of the molecule is Cc1cccc(C)c1N=c1scc(-c2ccc([N+](=O)[O-])cc2)n1Cc1ccco1. The summed E-state index contributed by atoms with van der Waals surface area (Å²) < 4.78 is 7.63. The minimum Gasteiger partial charge on any atom is -0.467 e. The van der Waals surface area contributed by atoms with E-state index in [1.54, 1.807) is 18.4 Å². The van der Waals surface area contributed by atoms with E-state index in [2.05, 4.69) is 4.57 Å². The summed E-state index contributed by atoms with van der Waals surface area (Å²) in [5.41, 5.74) is 5.08. The summed E-state index contributed by atoms with van der Waals surface area (Å²) in [6.45, 7) is 4.62. The summed E-state index contributed by atoms with van der Waals surface area (Å²) >= 11 is 1.54. The highest BCUT2D eigenvalue weighted by atomic mass is 32.1. The molecule has 146 valence electrons. The van der Waals surface area contributed by atoms with Crippen LogP contribution in [0.15, 0.2) is 75.7 Å². The Morgan fingerprint density at radius 1 is 1.07 bits per heavy atom. The van der Waals surface area contributed by atoms with Gasteiger partial charge in [0.2, 0.25) is 0 Å². The first-order valence-electron chi connectivity index (χ1n) is 9.09. The molecule has 2 aromatic carbocycles. The van der Waals surface area contributed by atoms with E-state index in [-0.39, 0.29) is 5.69 Å². The van der Waals surface area contributed by atoms with Crippen LogP contribution in [0, 0.1) is 24.0 Å². The molecule has 2 heterocycles. The van der Waals surface area contributed by atoms with Gasteiger partial charge in [-0.15, -0.1) is 11.3 Å². The zero-order valence-corrected chi connectivity index (χ0v) is 16.8. The van der Waals surface area contributed by atoms with Crippen LogP contribution in [0.25, 0.3) is 11.3 Å². The molecule has 0 amide bonds. The number of furan rings is 1. The van der Waals surface area contributed by atoms with Gasteiger partial charge in [-0.3, -0.25) is 10.1 Å². The quantitative estimate of drug-likeness (QED) is 0.320. The number of para-hydroxylation sites is 1. The van der Waals surface area contributed by atoms with E-state index >= 15 is 0 Å². The monoisotopic (exact) mass is 405 g/mol. The highest BCUT2D eigenvalue weighted by Gasteiger charge is 2.13. The lowest BCUT2D eigenvalue weighted by Gasteiger charge is -2.09. The van der Waals surface area contributed by atoms with Crippen molar-refractivity contribution in [3.05, 3.63) is 98.0 Å². The molecule has 0 saturated heterocycles. The van der Waals surface area contributed by atoms with Gasteiger partial charge in [-0.25, -0.2) is 4.99 Å². The summed E-state index contributed by atoms with van der Waals surface area (Å²) in [5.74, 6) is 0.814. The number of hydrogen-bond donors (Lipinski definition) is 0. The third-order valence-corrected chi connectivity index (χ3v) is 5.58. The van der Waals surface area contributed by atoms with Gasteiger partial charge >= 0.3 is 0 Å². The van der Waals surface area contributed by atoms with Crippen molar-refractivity contribution in [2.75, 3.05) is 0 Å². The summed E-state index contributed by atoms with van der Waals surface area (Å²) in [4.78, 5) is 16.4. The number of hydrogen-bond acceptors (Lipinski definition) is 5. The second-order valence-electron chi connectivity index (χ2n) is 6.73. The van der Waals surface area contributed by atoms with Crippen LogP contribution in [0.1, 0.15) is 16.9 Å². The number of nitro groups is 1. The first-order valence-corrected chi connectivity index (χ1v) is 9.97. The van der Waals surface area contributed by atoms with E-state index in [1.165, 1.54) is 23.5 Å². The summed E-state index contributed by atoms with van der Waals surface area (Å²) in [7, 11) is 0. The molecular formula is C22H19N3O3S. The maximum absolute atomic E-state index is 11.0. The van der Waals surface area contributed by atoms with E-state index in [1.807, 2.05) is 49.6 Å². The smallest absolute Gasteiger partial charge is 0.269 e. The van der Waals surface area contributed by atoms with Gasteiger partial charge in [0.15, 0.2) is 4.80 Å². The Morgan fingerprint density at radius 3 is 2.41 bits per heavy atom. The van der Waals surface area contributed by atoms with Gasteiger partial charge in [0.05, 0.1) is 29.1 Å². The minimum atomic E-state index is -0.393. The molecule has 0 saturated carbocycles. The zero-order chi connectivity index (χ0) is 20.4. The molecule has 0 atom stereocenters. The lowest BCUT2D eigenvalue weighted by Crippen LogP contribution is -2.16. The number of aromatic nitrogens is 1. The van der Waals surface area contributed by atoms with Crippen molar-refractivity contribution in [2.45, 2.75) is 20.4 Å². The Bertz CT molecular complexity index is 1200. The Hall–Kier alpha value is -3.45. The highest BCUT2D eigenvalue weighted by molar-refractivity contribution is 7.07. The van der Waals surface area contributed by atoms with Crippen LogP contribution in [0.4, 0.5) is 11.4 Å². The Labute approximate surface area is 171 Å². The van der Waals surface area contributed by atoms with Gasteiger partial charge in [-0.1, -0.05) is 18.2 Å². The fourth-order valence-corrected chi connectivity index (χ4v) is 4.11. The Morgan fingerprint density at radius 2 is 1.79 bits per heavy atom. The van der Waals surface area contributed by atoms with Crippen molar-refractivity contribution in [1.82, 2.24) is 4.57 Å².